The van der Waals surface area contributed by atoms with E-state index in [4.69, 9.17) is 0 Å². The number of carbonyl (C=O) groups is 1. The fourth-order valence-electron chi connectivity index (χ4n) is 2.71. The molecule has 0 aromatic heterocycles. The van der Waals surface area contributed by atoms with Crippen LogP contribution in [0.25, 0.3) is 0 Å². The highest BCUT2D eigenvalue weighted by molar-refractivity contribution is 5.82. The zero-order chi connectivity index (χ0) is 17.7. The van der Waals surface area contributed by atoms with Gasteiger partial charge in [0, 0.05) is 26.2 Å². The summed E-state index contributed by atoms with van der Waals surface area (Å²) in [6.45, 7) is 14.1. The zero-order valence-electron chi connectivity index (χ0n) is 15.1. The predicted molar refractivity (Wildman–Crippen MR) is 88.4 cm³/mol. The lowest BCUT2D eigenvalue weighted by Gasteiger charge is -2.38. The van der Waals surface area contributed by atoms with Crippen LogP contribution < -0.4 is 0 Å². The minimum Gasteiger partial charge on any atom is -0.340 e. The summed E-state index contributed by atoms with van der Waals surface area (Å²) in [6.07, 6.45) is 2.36. The molecule has 0 spiro atoms. The fraction of sp³-hybridized carbons (Fsp3) is 0.938. The first-order valence-electron chi connectivity index (χ1n) is 8.30. The Kier molecular flexibility index (Phi) is 6.80. The van der Waals surface area contributed by atoms with Crippen molar-refractivity contribution in [2.24, 2.45) is 10.8 Å². The molecular formula is C16H31N3O4. The van der Waals surface area contributed by atoms with Crippen LogP contribution in [0.4, 0.5) is 0 Å². The first kappa shape index (κ1) is 19.7. The number of piperazine rings is 1. The fourth-order valence-corrected chi connectivity index (χ4v) is 2.71. The van der Waals surface area contributed by atoms with Gasteiger partial charge in [0.1, 0.15) is 6.61 Å². The van der Waals surface area contributed by atoms with Crippen LogP contribution in [0.3, 0.4) is 0 Å². The topological polar surface area (TPSA) is 75.9 Å². The number of carbonyl (C=O) groups excluding carboxylic acids is 1. The Morgan fingerprint density at radius 3 is 2.17 bits per heavy atom. The molecule has 0 bridgehead atoms. The van der Waals surface area contributed by atoms with Crippen LogP contribution in [-0.4, -0.2) is 60.1 Å². The Morgan fingerprint density at radius 2 is 1.70 bits per heavy atom. The van der Waals surface area contributed by atoms with Gasteiger partial charge in [0.15, 0.2) is 0 Å². The maximum atomic E-state index is 12.5. The minimum atomic E-state index is -0.874. The minimum absolute atomic E-state index is 0.0753. The molecule has 0 aromatic carbocycles. The van der Waals surface area contributed by atoms with Crippen LogP contribution in [0.2, 0.25) is 0 Å². The van der Waals surface area contributed by atoms with Gasteiger partial charge < -0.3 is 9.74 Å². The molecule has 0 aromatic rings. The van der Waals surface area contributed by atoms with E-state index < -0.39 is 10.5 Å². The van der Waals surface area contributed by atoms with Gasteiger partial charge in [-0.05, 0) is 38.6 Å². The molecule has 134 valence electrons. The van der Waals surface area contributed by atoms with Crippen LogP contribution in [0.5, 0.6) is 0 Å². The summed E-state index contributed by atoms with van der Waals surface area (Å²) in [7, 11) is 0. The molecule has 1 fully saturated rings. The van der Waals surface area contributed by atoms with E-state index in [0.717, 1.165) is 19.6 Å². The standard InChI is InChI=1S/C16H31N3O4/c1-15(2,3)7-6-8-17-9-11-18(12-10-17)14(20)16(4,5)13-23-19(21)22/h6-13H2,1-5H3. The Labute approximate surface area is 139 Å². The highest BCUT2D eigenvalue weighted by Gasteiger charge is 2.34. The van der Waals surface area contributed by atoms with E-state index in [-0.39, 0.29) is 12.5 Å². The highest BCUT2D eigenvalue weighted by atomic mass is 16.9. The van der Waals surface area contributed by atoms with E-state index in [0.29, 0.717) is 18.5 Å². The Morgan fingerprint density at radius 1 is 1.13 bits per heavy atom. The molecule has 1 amide bonds. The third-order valence-corrected chi connectivity index (χ3v) is 4.17. The van der Waals surface area contributed by atoms with Crippen molar-refractivity contribution < 1.29 is 14.7 Å². The van der Waals surface area contributed by atoms with Crippen molar-refractivity contribution in [1.29, 1.82) is 0 Å². The predicted octanol–water partition coefficient (Wildman–Crippen LogP) is 2.19. The molecule has 0 aliphatic carbocycles. The van der Waals surface area contributed by atoms with E-state index in [1.807, 2.05) is 0 Å². The lowest BCUT2D eigenvalue weighted by atomic mass is 9.90. The van der Waals surface area contributed by atoms with Gasteiger partial charge in [-0.15, -0.1) is 10.1 Å². The van der Waals surface area contributed by atoms with Crippen molar-refractivity contribution >= 4 is 5.91 Å². The van der Waals surface area contributed by atoms with Crippen molar-refractivity contribution in [3.63, 3.8) is 0 Å². The summed E-state index contributed by atoms with van der Waals surface area (Å²) < 4.78 is 0. The summed E-state index contributed by atoms with van der Waals surface area (Å²) in [5.41, 5.74) is -0.514. The molecule has 0 atom stereocenters. The van der Waals surface area contributed by atoms with Crippen molar-refractivity contribution in [1.82, 2.24) is 9.80 Å². The SMILES string of the molecule is CC(C)(C)CCCN1CCN(C(=O)C(C)(C)CO[N+](=O)[O-])CC1. The summed E-state index contributed by atoms with van der Waals surface area (Å²) in [5.74, 6) is -0.0753. The van der Waals surface area contributed by atoms with Crippen LogP contribution in [-0.2, 0) is 9.63 Å². The summed E-state index contributed by atoms with van der Waals surface area (Å²) in [6, 6.07) is 0. The lowest BCUT2D eigenvalue weighted by molar-refractivity contribution is -0.760. The van der Waals surface area contributed by atoms with Crippen molar-refractivity contribution in [3.05, 3.63) is 10.1 Å². The van der Waals surface area contributed by atoms with E-state index >= 15 is 0 Å². The van der Waals surface area contributed by atoms with Crippen molar-refractivity contribution in [2.75, 3.05) is 39.3 Å². The van der Waals surface area contributed by atoms with E-state index in [1.54, 1.807) is 18.7 Å². The third-order valence-electron chi connectivity index (χ3n) is 4.17. The molecule has 1 heterocycles. The summed E-state index contributed by atoms with van der Waals surface area (Å²) in [4.78, 5) is 31.4. The first-order valence-corrected chi connectivity index (χ1v) is 8.30. The van der Waals surface area contributed by atoms with Gasteiger partial charge in [-0.25, -0.2) is 0 Å². The Hall–Kier alpha value is -1.37. The normalized spacial score (nSPS) is 17.2. The molecule has 7 nitrogen and oxygen atoms in total. The highest BCUT2D eigenvalue weighted by Crippen LogP contribution is 2.22. The number of hydrogen-bond donors (Lipinski definition) is 0. The molecular weight excluding hydrogens is 298 g/mol. The van der Waals surface area contributed by atoms with Gasteiger partial charge in [0.2, 0.25) is 5.91 Å². The molecule has 7 heteroatoms. The van der Waals surface area contributed by atoms with Gasteiger partial charge in [0.05, 0.1) is 5.41 Å². The zero-order valence-corrected chi connectivity index (χ0v) is 15.1. The lowest BCUT2D eigenvalue weighted by Crippen LogP contribution is -2.53. The largest absolute Gasteiger partial charge is 0.340 e. The Bertz CT molecular complexity index is 410. The third kappa shape index (κ3) is 7.16. The second kappa shape index (κ2) is 7.95. The summed E-state index contributed by atoms with van der Waals surface area (Å²) in [5, 5.41) is 9.47. The van der Waals surface area contributed by atoms with E-state index in [2.05, 4.69) is 30.5 Å². The number of nitrogens with zero attached hydrogens (tertiary/aromatic N) is 3. The maximum Gasteiger partial charge on any atom is 0.294 e. The van der Waals surface area contributed by atoms with Gasteiger partial charge in [0.25, 0.3) is 5.09 Å². The van der Waals surface area contributed by atoms with Crippen LogP contribution >= 0.6 is 0 Å². The average molecular weight is 329 g/mol. The molecule has 1 aliphatic heterocycles. The number of amides is 1. The monoisotopic (exact) mass is 329 g/mol. The molecule has 1 saturated heterocycles. The van der Waals surface area contributed by atoms with Crippen molar-refractivity contribution in [3.8, 4) is 0 Å². The van der Waals surface area contributed by atoms with Gasteiger partial charge in [-0.3, -0.25) is 9.69 Å². The Balaban J connectivity index is 2.37. The van der Waals surface area contributed by atoms with Gasteiger partial charge in [-0.1, -0.05) is 20.8 Å². The molecule has 1 rings (SSSR count). The summed E-state index contributed by atoms with van der Waals surface area (Å²) >= 11 is 0. The average Bonchev–Trinajstić information content (AvgIpc) is 2.44. The van der Waals surface area contributed by atoms with Gasteiger partial charge in [-0.2, -0.15) is 0 Å². The molecule has 0 unspecified atom stereocenters. The first-order chi connectivity index (χ1) is 10.5. The van der Waals surface area contributed by atoms with Crippen LogP contribution in [0.1, 0.15) is 47.5 Å². The number of rotatable bonds is 7. The smallest absolute Gasteiger partial charge is 0.294 e. The van der Waals surface area contributed by atoms with Crippen molar-refractivity contribution in [2.45, 2.75) is 47.5 Å². The van der Waals surface area contributed by atoms with Crippen LogP contribution in [0.15, 0.2) is 0 Å². The molecule has 23 heavy (non-hydrogen) atoms. The molecule has 0 N–H and O–H groups in total. The maximum absolute atomic E-state index is 12.5. The van der Waals surface area contributed by atoms with E-state index in [9.17, 15) is 14.9 Å². The molecule has 1 aliphatic rings. The second-order valence-corrected chi connectivity index (χ2v) is 8.18. The van der Waals surface area contributed by atoms with E-state index in [1.165, 1.54) is 12.8 Å². The number of hydrogen-bond acceptors (Lipinski definition) is 5. The second-order valence-electron chi connectivity index (χ2n) is 8.18. The molecule has 0 saturated carbocycles. The molecule has 0 radical (unpaired) electrons. The quantitative estimate of drug-likeness (QED) is 0.528. The van der Waals surface area contributed by atoms with Crippen LogP contribution in [0, 0.1) is 20.9 Å². The van der Waals surface area contributed by atoms with Gasteiger partial charge >= 0.3 is 0 Å².